The first-order valence-electron chi connectivity index (χ1n) is 5.46. The molecule has 1 saturated carbocycles. The number of rotatable bonds is 1. The number of hydrogen-bond acceptors (Lipinski definition) is 1. The molecule has 0 aromatic heterocycles. The first-order chi connectivity index (χ1) is 5.98. The fourth-order valence-corrected chi connectivity index (χ4v) is 2.36. The van der Waals surface area contributed by atoms with Crippen molar-refractivity contribution in [1.82, 2.24) is 4.90 Å². The molecule has 0 aromatic carbocycles. The minimum Gasteiger partial charge on any atom is -0.288 e. The van der Waals surface area contributed by atoms with Gasteiger partial charge in [0.2, 0.25) is 0 Å². The predicted molar refractivity (Wildman–Crippen MR) is 56.7 cm³/mol. The van der Waals surface area contributed by atoms with Crippen molar-refractivity contribution in [3.63, 3.8) is 0 Å². The van der Waals surface area contributed by atoms with E-state index in [0.717, 1.165) is 5.92 Å². The Labute approximate surface area is 81.8 Å². The quantitative estimate of drug-likeness (QED) is 0.559. The third kappa shape index (κ3) is 1.80. The fourth-order valence-electron chi connectivity index (χ4n) is 2.36. The summed E-state index contributed by atoms with van der Waals surface area (Å²) in [6.07, 6.45) is 5.37. The Hall–Kier alpha value is -0.300. The lowest BCUT2D eigenvalue weighted by molar-refractivity contribution is 0.138. The number of nitrogens with zero attached hydrogens (tertiary/aromatic N) is 1. The van der Waals surface area contributed by atoms with Crippen LogP contribution in [0.2, 0.25) is 0 Å². The zero-order valence-electron chi connectivity index (χ0n) is 9.30. The van der Waals surface area contributed by atoms with Gasteiger partial charge >= 0.3 is 0 Å². The molecule has 1 aliphatic carbocycles. The lowest BCUT2D eigenvalue weighted by Gasteiger charge is -2.35. The standard InChI is InChI=1S/C12H21N/c1-9-7-11(10-5-6-10)8-13(9)12(2,3)4/h7,9-10H,5-6,8H2,1-4H3/t9-/m0/s1. The Morgan fingerprint density at radius 3 is 2.31 bits per heavy atom. The Bertz CT molecular complexity index is 230. The van der Waals surface area contributed by atoms with Gasteiger partial charge in [0.05, 0.1) is 0 Å². The normalized spacial score (nSPS) is 30.8. The van der Waals surface area contributed by atoms with Crippen LogP contribution in [-0.2, 0) is 0 Å². The molecule has 0 aromatic rings. The molecule has 0 bridgehead atoms. The van der Waals surface area contributed by atoms with E-state index in [1.165, 1.54) is 19.4 Å². The van der Waals surface area contributed by atoms with E-state index in [-0.39, 0.29) is 0 Å². The van der Waals surface area contributed by atoms with Crippen molar-refractivity contribution >= 4 is 0 Å². The fraction of sp³-hybridized carbons (Fsp3) is 0.833. The molecule has 0 unspecified atom stereocenters. The highest BCUT2D eigenvalue weighted by Crippen LogP contribution is 2.41. The van der Waals surface area contributed by atoms with Gasteiger partial charge in [-0.25, -0.2) is 0 Å². The summed E-state index contributed by atoms with van der Waals surface area (Å²) >= 11 is 0. The molecule has 74 valence electrons. The number of hydrogen-bond donors (Lipinski definition) is 0. The van der Waals surface area contributed by atoms with E-state index < -0.39 is 0 Å². The monoisotopic (exact) mass is 179 g/mol. The van der Waals surface area contributed by atoms with Crippen LogP contribution in [0.4, 0.5) is 0 Å². The van der Waals surface area contributed by atoms with E-state index in [0.29, 0.717) is 11.6 Å². The Morgan fingerprint density at radius 2 is 1.92 bits per heavy atom. The molecule has 2 aliphatic rings. The largest absolute Gasteiger partial charge is 0.288 e. The van der Waals surface area contributed by atoms with Crippen LogP contribution in [0.1, 0.15) is 40.5 Å². The van der Waals surface area contributed by atoms with E-state index >= 15 is 0 Å². The van der Waals surface area contributed by atoms with Gasteiger partial charge in [-0.1, -0.05) is 11.6 Å². The van der Waals surface area contributed by atoms with Crippen molar-refractivity contribution in [2.45, 2.75) is 52.1 Å². The maximum Gasteiger partial charge on any atom is 0.0261 e. The second kappa shape index (κ2) is 2.84. The van der Waals surface area contributed by atoms with Crippen LogP contribution in [0.5, 0.6) is 0 Å². The highest BCUT2D eigenvalue weighted by molar-refractivity contribution is 5.23. The minimum atomic E-state index is 0.326. The molecule has 1 heterocycles. The molecule has 1 aliphatic heterocycles. The SMILES string of the molecule is C[C@H]1C=C(C2CC2)CN1C(C)(C)C. The molecule has 2 rings (SSSR count). The molecule has 0 amide bonds. The second-order valence-corrected chi connectivity index (χ2v) is 5.56. The smallest absolute Gasteiger partial charge is 0.0261 e. The summed E-state index contributed by atoms with van der Waals surface area (Å²) in [6.45, 7) is 10.5. The van der Waals surface area contributed by atoms with Crippen molar-refractivity contribution in [2.24, 2.45) is 5.92 Å². The van der Waals surface area contributed by atoms with Crippen molar-refractivity contribution in [3.8, 4) is 0 Å². The highest BCUT2D eigenvalue weighted by Gasteiger charge is 2.36. The van der Waals surface area contributed by atoms with Crippen molar-refractivity contribution < 1.29 is 0 Å². The minimum absolute atomic E-state index is 0.326. The van der Waals surface area contributed by atoms with Crippen molar-refractivity contribution in [1.29, 1.82) is 0 Å². The van der Waals surface area contributed by atoms with Crippen LogP contribution in [0.3, 0.4) is 0 Å². The summed E-state index contributed by atoms with van der Waals surface area (Å²) < 4.78 is 0. The molecule has 0 spiro atoms. The molecule has 1 fully saturated rings. The highest BCUT2D eigenvalue weighted by atomic mass is 15.2. The molecular weight excluding hydrogens is 158 g/mol. The molecule has 0 saturated heterocycles. The van der Waals surface area contributed by atoms with Gasteiger partial charge in [-0.3, -0.25) is 4.90 Å². The third-order valence-electron chi connectivity index (χ3n) is 3.26. The lowest BCUT2D eigenvalue weighted by atomic mass is 10.1. The van der Waals surface area contributed by atoms with Crippen LogP contribution in [0.25, 0.3) is 0 Å². The van der Waals surface area contributed by atoms with Gasteiger partial charge in [-0.15, -0.1) is 0 Å². The summed E-state index contributed by atoms with van der Waals surface area (Å²) in [6, 6.07) is 0.649. The van der Waals surface area contributed by atoms with Crippen molar-refractivity contribution in [2.75, 3.05) is 6.54 Å². The summed E-state index contributed by atoms with van der Waals surface area (Å²) in [4.78, 5) is 2.60. The van der Waals surface area contributed by atoms with Crippen LogP contribution in [-0.4, -0.2) is 23.0 Å². The second-order valence-electron chi connectivity index (χ2n) is 5.56. The van der Waals surface area contributed by atoms with Gasteiger partial charge in [0.25, 0.3) is 0 Å². The van der Waals surface area contributed by atoms with Crippen LogP contribution >= 0.6 is 0 Å². The van der Waals surface area contributed by atoms with E-state index in [2.05, 4.69) is 38.7 Å². The summed E-state index contributed by atoms with van der Waals surface area (Å²) in [5.41, 5.74) is 2.04. The van der Waals surface area contributed by atoms with E-state index in [1.807, 2.05) is 0 Å². The Morgan fingerprint density at radius 1 is 1.31 bits per heavy atom. The molecule has 1 atom stereocenters. The van der Waals surface area contributed by atoms with Gasteiger partial charge in [-0.2, -0.15) is 0 Å². The first-order valence-corrected chi connectivity index (χ1v) is 5.46. The summed E-state index contributed by atoms with van der Waals surface area (Å²) in [7, 11) is 0. The predicted octanol–water partition coefficient (Wildman–Crippen LogP) is 2.83. The maximum atomic E-state index is 2.60. The summed E-state index contributed by atoms with van der Waals surface area (Å²) in [5.74, 6) is 0.954. The van der Waals surface area contributed by atoms with Gasteiger partial charge < -0.3 is 0 Å². The van der Waals surface area contributed by atoms with Crippen molar-refractivity contribution in [3.05, 3.63) is 11.6 Å². The Balaban J connectivity index is 2.05. The van der Waals surface area contributed by atoms with Crippen LogP contribution < -0.4 is 0 Å². The first kappa shape index (κ1) is 9.26. The molecular formula is C12H21N. The molecule has 0 radical (unpaired) electrons. The molecule has 1 nitrogen and oxygen atoms in total. The molecule has 1 heteroatoms. The van der Waals surface area contributed by atoms with E-state index in [1.54, 1.807) is 5.57 Å². The van der Waals surface area contributed by atoms with Gasteiger partial charge in [-0.05, 0) is 46.5 Å². The zero-order valence-corrected chi connectivity index (χ0v) is 9.30. The van der Waals surface area contributed by atoms with E-state index in [9.17, 15) is 0 Å². The summed E-state index contributed by atoms with van der Waals surface area (Å²) in [5, 5.41) is 0. The van der Waals surface area contributed by atoms with Crippen LogP contribution in [0.15, 0.2) is 11.6 Å². The average Bonchev–Trinajstić information content (AvgIpc) is 2.73. The molecule has 0 N–H and O–H groups in total. The van der Waals surface area contributed by atoms with Gasteiger partial charge in [0.15, 0.2) is 0 Å². The maximum absolute atomic E-state index is 2.60. The van der Waals surface area contributed by atoms with Crippen LogP contribution in [0, 0.1) is 5.92 Å². The third-order valence-corrected chi connectivity index (χ3v) is 3.26. The lowest BCUT2D eigenvalue weighted by Crippen LogP contribution is -2.44. The average molecular weight is 179 g/mol. The zero-order chi connectivity index (χ0) is 9.64. The molecule has 13 heavy (non-hydrogen) atoms. The van der Waals surface area contributed by atoms with Gasteiger partial charge in [0.1, 0.15) is 0 Å². The topological polar surface area (TPSA) is 3.24 Å². The van der Waals surface area contributed by atoms with Gasteiger partial charge in [0, 0.05) is 18.1 Å². The van der Waals surface area contributed by atoms with E-state index in [4.69, 9.17) is 0 Å². The Kier molecular flexibility index (Phi) is 2.03.